The Morgan fingerprint density at radius 2 is 2.44 bits per heavy atom. The van der Waals surface area contributed by atoms with E-state index < -0.39 is 0 Å². The molecule has 5 nitrogen and oxygen atoms in total. The molecule has 1 amide bonds. The average Bonchev–Trinajstić information content (AvgIpc) is 2.62. The minimum Gasteiger partial charge on any atom is -0.368 e. The first-order chi connectivity index (χ1) is 7.79. The van der Waals surface area contributed by atoms with Crippen LogP contribution in [0.1, 0.15) is 17.3 Å². The van der Waals surface area contributed by atoms with Crippen LogP contribution in [0.25, 0.3) is 0 Å². The Morgan fingerprint density at radius 1 is 1.56 bits per heavy atom. The SMILES string of the molecule is NC(=O)C(c1cncs1)N1CCCNCC1. The van der Waals surface area contributed by atoms with E-state index in [2.05, 4.69) is 15.2 Å². The molecule has 88 valence electrons. The number of amides is 1. The third-order valence-electron chi connectivity index (χ3n) is 2.73. The predicted molar refractivity (Wildman–Crippen MR) is 63.1 cm³/mol. The first kappa shape index (κ1) is 11.5. The standard InChI is InChI=1S/C10H16N4OS/c11-10(15)9(8-6-13-7-16-8)14-4-1-2-12-3-5-14/h6-7,9,12H,1-5H2,(H2,11,15). The first-order valence-electron chi connectivity index (χ1n) is 5.41. The number of nitrogens with one attached hydrogen (secondary N) is 1. The maximum Gasteiger partial charge on any atom is 0.240 e. The molecule has 1 saturated heterocycles. The molecule has 0 radical (unpaired) electrons. The number of rotatable bonds is 3. The van der Waals surface area contributed by atoms with Gasteiger partial charge in [-0.2, -0.15) is 0 Å². The van der Waals surface area contributed by atoms with Crippen LogP contribution in [0.15, 0.2) is 11.7 Å². The van der Waals surface area contributed by atoms with Crippen LogP contribution in [0.3, 0.4) is 0 Å². The van der Waals surface area contributed by atoms with Crippen LogP contribution in [-0.4, -0.2) is 42.0 Å². The van der Waals surface area contributed by atoms with Crippen LogP contribution in [0.5, 0.6) is 0 Å². The molecule has 1 atom stereocenters. The summed E-state index contributed by atoms with van der Waals surface area (Å²) in [4.78, 5) is 18.6. The van der Waals surface area contributed by atoms with Crippen LogP contribution >= 0.6 is 11.3 Å². The van der Waals surface area contributed by atoms with Gasteiger partial charge in [-0.3, -0.25) is 14.7 Å². The zero-order valence-corrected chi connectivity index (χ0v) is 9.87. The predicted octanol–water partition coefficient (Wildman–Crippen LogP) is -0.0352. The number of thiazole rings is 1. The summed E-state index contributed by atoms with van der Waals surface area (Å²) in [5, 5.41) is 3.31. The molecule has 2 heterocycles. The van der Waals surface area contributed by atoms with Gasteiger partial charge in [-0.15, -0.1) is 11.3 Å². The Morgan fingerprint density at radius 3 is 3.12 bits per heavy atom. The maximum absolute atomic E-state index is 11.5. The van der Waals surface area contributed by atoms with Gasteiger partial charge in [0.15, 0.2) is 0 Å². The highest BCUT2D eigenvalue weighted by Gasteiger charge is 2.27. The number of nitrogens with two attached hydrogens (primary N) is 1. The largest absolute Gasteiger partial charge is 0.368 e. The number of primary amides is 1. The Bertz CT molecular complexity index is 333. The van der Waals surface area contributed by atoms with Gasteiger partial charge in [0, 0.05) is 25.8 Å². The Kier molecular flexibility index (Phi) is 3.87. The van der Waals surface area contributed by atoms with Gasteiger partial charge in [0.2, 0.25) is 5.91 Å². The van der Waals surface area contributed by atoms with Crippen molar-refractivity contribution in [3.8, 4) is 0 Å². The first-order valence-corrected chi connectivity index (χ1v) is 6.29. The van der Waals surface area contributed by atoms with E-state index in [-0.39, 0.29) is 11.9 Å². The molecule has 0 bridgehead atoms. The molecule has 0 saturated carbocycles. The molecule has 1 aliphatic rings. The van der Waals surface area contributed by atoms with Crippen molar-refractivity contribution >= 4 is 17.2 Å². The van der Waals surface area contributed by atoms with Crippen molar-refractivity contribution in [2.45, 2.75) is 12.5 Å². The van der Waals surface area contributed by atoms with Gasteiger partial charge in [0.1, 0.15) is 6.04 Å². The fraction of sp³-hybridized carbons (Fsp3) is 0.600. The van der Waals surface area contributed by atoms with Crippen LogP contribution in [0.4, 0.5) is 0 Å². The highest BCUT2D eigenvalue weighted by molar-refractivity contribution is 7.09. The van der Waals surface area contributed by atoms with Gasteiger partial charge in [-0.25, -0.2) is 0 Å². The highest BCUT2D eigenvalue weighted by atomic mass is 32.1. The molecular formula is C10H16N4OS. The van der Waals surface area contributed by atoms with E-state index in [0.717, 1.165) is 37.5 Å². The lowest BCUT2D eigenvalue weighted by molar-refractivity contribution is -0.123. The van der Waals surface area contributed by atoms with Crippen molar-refractivity contribution in [3.63, 3.8) is 0 Å². The molecule has 16 heavy (non-hydrogen) atoms. The zero-order chi connectivity index (χ0) is 11.4. The fourth-order valence-corrected chi connectivity index (χ4v) is 2.74. The second-order valence-electron chi connectivity index (χ2n) is 3.85. The molecule has 1 fully saturated rings. The van der Waals surface area contributed by atoms with E-state index >= 15 is 0 Å². The molecule has 0 aromatic carbocycles. The monoisotopic (exact) mass is 240 g/mol. The van der Waals surface area contributed by atoms with Crippen molar-refractivity contribution < 1.29 is 4.79 Å². The van der Waals surface area contributed by atoms with E-state index in [4.69, 9.17) is 5.73 Å². The van der Waals surface area contributed by atoms with Crippen LogP contribution in [-0.2, 0) is 4.79 Å². The zero-order valence-electron chi connectivity index (χ0n) is 9.06. The van der Waals surface area contributed by atoms with E-state index in [0.29, 0.717) is 0 Å². The van der Waals surface area contributed by atoms with Gasteiger partial charge >= 0.3 is 0 Å². The smallest absolute Gasteiger partial charge is 0.240 e. The summed E-state index contributed by atoms with van der Waals surface area (Å²) in [6.07, 6.45) is 2.78. The lowest BCUT2D eigenvalue weighted by Crippen LogP contribution is -2.39. The lowest BCUT2D eigenvalue weighted by Gasteiger charge is -2.26. The Labute approximate surface area is 98.7 Å². The molecule has 2 rings (SSSR count). The molecule has 0 aliphatic carbocycles. The van der Waals surface area contributed by atoms with E-state index in [1.807, 2.05) is 0 Å². The maximum atomic E-state index is 11.5. The van der Waals surface area contributed by atoms with E-state index in [9.17, 15) is 4.79 Å². The number of nitrogens with zero attached hydrogens (tertiary/aromatic N) is 2. The van der Waals surface area contributed by atoms with Gasteiger partial charge in [-0.1, -0.05) is 0 Å². The van der Waals surface area contributed by atoms with E-state index in [1.54, 1.807) is 11.7 Å². The average molecular weight is 240 g/mol. The van der Waals surface area contributed by atoms with Crippen molar-refractivity contribution in [1.82, 2.24) is 15.2 Å². The Balaban J connectivity index is 2.15. The quantitative estimate of drug-likeness (QED) is 0.778. The number of hydrogen-bond donors (Lipinski definition) is 2. The van der Waals surface area contributed by atoms with Gasteiger partial charge in [0.25, 0.3) is 0 Å². The van der Waals surface area contributed by atoms with Crippen LogP contribution in [0, 0.1) is 0 Å². The van der Waals surface area contributed by atoms with Crippen molar-refractivity contribution in [2.24, 2.45) is 5.73 Å². The topological polar surface area (TPSA) is 71.2 Å². The minimum absolute atomic E-state index is 0.286. The Hall–Kier alpha value is -0.980. The number of aromatic nitrogens is 1. The number of carbonyl (C=O) groups excluding carboxylic acids is 1. The third kappa shape index (κ3) is 2.58. The molecule has 1 aromatic heterocycles. The molecule has 3 N–H and O–H groups in total. The van der Waals surface area contributed by atoms with Gasteiger partial charge < -0.3 is 11.1 Å². The summed E-state index contributed by atoms with van der Waals surface area (Å²) in [5.74, 6) is -0.286. The summed E-state index contributed by atoms with van der Waals surface area (Å²) < 4.78 is 0. The number of carbonyl (C=O) groups is 1. The molecule has 0 spiro atoms. The van der Waals surface area contributed by atoms with E-state index in [1.165, 1.54) is 11.3 Å². The normalized spacial score (nSPS) is 20.2. The van der Waals surface area contributed by atoms with Crippen LogP contribution in [0.2, 0.25) is 0 Å². The second-order valence-corrected chi connectivity index (χ2v) is 4.77. The lowest BCUT2D eigenvalue weighted by atomic mass is 10.2. The molecule has 1 unspecified atom stereocenters. The molecule has 1 aliphatic heterocycles. The van der Waals surface area contributed by atoms with Gasteiger partial charge in [-0.05, 0) is 13.0 Å². The van der Waals surface area contributed by atoms with Crippen LogP contribution < -0.4 is 11.1 Å². The minimum atomic E-state index is -0.313. The summed E-state index contributed by atoms with van der Waals surface area (Å²) in [6.45, 7) is 3.66. The van der Waals surface area contributed by atoms with Gasteiger partial charge in [0.05, 0.1) is 10.4 Å². The number of hydrogen-bond acceptors (Lipinski definition) is 5. The highest BCUT2D eigenvalue weighted by Crippen LogP contribution is 2.24. The van der Waals surface area contributed by atoms with Crippen molar-refractivity contribution in [1.29, 1.82) is 0 Å². The summed E-state index contributed by atoms with van der Waals surface area (Å²) in [6, 6.07) is -0.313. The fourth-order valence-electron chi connectivity index (χ4n) is 1.99. The molecule has 6 heteroatoms. The molecular weight excluding hydrogens is 224 g/mol. The third-order valence-corrected chi connectivity index (χ3v) is 3.56. The second kappa shape index (κ2) is 5.38. The summed E-state index contributed by atoms with van der Waals surface area (Å²) >= 11 is 1.49. The summed E-state index contributed by atoms with van der Waals surface area (Å²) in [7, 11) is 0. The van der Waals surface area contributed by atoms with Crippen molar-refractivity contribution in [2.75, 3.05) is 26.2 Å². The van der Waals surface area contributed by atoms with Crippen molar-refractivity contribution in [3.05, 3.63) is 16.6 Å². The molecule has 1 aromatic rings. The summed E-state index contributed by atoms with van der Waals surface area (Å²) in [5.41, 5.74) is 7.23.